The maximum atomic E-state index is 12.3. The zero-order chi connectivity index (χ0) is 15.9. The van der Waals surface area contributed by atoms with Gasteiger partial charge in [-0.15, -0.1) is 0 Å². The Hall–Kier alpha value is -2.04. The van der Waals surface area contributed by atoms with E-state index in [0.29, 0.717) is 25.9 Å². The molecule has 120 valence electrons. The van der Waals surface area contributed by atoms with Crippen LogP contribution >= 0.6 is 0 Å². The van der Waals surface area contributed by atoms with Crippen molar-refractivity contribution >= 4 is 11.8 Å². The Morgan fingerprint density at radius 2 is 1.86 bits per heavy atom. The van der Waals surface area contributed by atoms with Crippen LogP contribution in [0.2, 0.25) is 0 Å². The van der Waals surface area contributed by atoms with Gasteiger partial charge in [0.25, 0.3) is 0 Å². The van der Waals surface area contributed by atoms with E-state index in [1.165, 1.54) is 0 Å². The summed E-state index contributed by atoms with van der Waals surface area (Å²) in [5.41, 5.74) is 1.10. The summed E-state index contributed by atoms with van der Waals surface area (Å²) in [5.74, 6) is 1.07. The fourth-order valence-electron chi connectivity index (χ4n) is 2.72. The number of carbonyl (C=O) groups excluding carboxylic acids is 2. The monoisotopic (exact) mass is 304 g/mol. The fraction of sp³-hybridized carbons (Fsp3) is 0.529. The van der Waals surface area contributed by atoms with Gasteiger partial charge in [0.15, 0.2) is 0 Å². The second-order valence-electron chi connectivity index (χ2n) is 5.59. The van der Waals surface area contributed by atoms with Gasteiger partial charge in [0.2, 0.25) is 11.8 Å². The number of nitrogens with zero attached hydrogens (tertiary/aromatic N) is 2. The minimum absolute atomic E-state index is 0.0886. The van der Waals surface area contributed by atoms with Gasteiger partial charge in [-0.05, 0) is 30.5 Å². The molecule has 1 heterocycles. The van der Waals surface area contributed by atoms with Crippen LogP contribution in [0.25, 0.3) is 0 Å². The van der Waals surface area contributed by atoms with E-state index < -0.39 is 0 Å². The Kier molecular flexibility index (Phi) is 5.81. The largest absolute Gasteiger partial charge is 0.497 e. The second-order valence-corrected chi connectivity index (χ2v) is 5.59. The minimum atomic E-state index is 0.0886. The molecule has 1 aliphatic rings. The van der Waals surface area contributed by atoms with Crippen LogP contribution in [0.4, 0.5) is 0 Å². The molecule has 1 saturated heterocycles. The van der Waals surface area contributed by atoms with Gasteiger partial charge in [-0.25, -0.2) is 0 Å². The minimum Gasteiger partial charge on any atom is -0.497 e. The molecule has 1 aromatic carbocycles. The van der Waals surface area contributed by atoms with Gasteiger partial charge >= 0.3 is 0 Å². The molecular formula is C17H24N2O3. The van der Waals surface area contributed by atoms with Crippen LogP contribution in [0.15, 0.2) is 24.3 Å². The van der Waals surface area contributed by atoms with Crippen LogP contribution in [-0.4, -0.2) is 54.9 Å². The van der Waals surface area contributed by atoms with Crippen LogP contribution < -0.4 is 4.74 Å². The van der Waals surface area contributed by atoms with Crippen molar-refractivity contribution in [3.05, 3.63) is 29.8 Å². The molecule has 0 aliphatic carbocycles. The Labute approximate surface area is 131 Å². The van der Waals surface area contributed by atoms with E-state index in [9.17, 15) is 9.59 Å². The number of ether oxygens (including phenoxy) is 1. The normalized spacial score (nSPS) is 15.4. The van der Waals surface area contributed by atoms with Gasteiger partial charge < -0.3 is 14.5 Å². The van der Waals surface area contributed by atoms with Gasteiger partial charge in [-0.3, -0.25) is 9.59 Å². The summed E-state index contributed by atoms with van der Waals surface area (Å²) < 4.78 is 5.20. The second kappa shape index (κ2) is 7.82. The van der Waals surface area contributed by atoms with Crippen molar-refractivity contribution in [2.24, 2.45) is 0 Å². The first-order valence-electron chi connectivity index (χ1n) is 7.76. The van der Waals surface area contributed by atoms with Crippen LogP contribution in [0.3, 0.4) is 0 Å². The van der Waals surface area contributed by atoms with Crippen molar-refractivity contribution in [2.75, 3.05) is 33.3 Å². The Bertz CT molecular complexity index is 530. The van der Waals surface area contributed by atoms with E-state index in [1.807, 2.05) is 34.1 Å². The first-order valence-corrected chi connectivity index (χ1v) is 7.76. The number of rotatable bonds is 4. The molecule has 0 N–H and O–H groups in total. The zero-order valence-electron chi connectivity index (χ0n) is 13.4. The van der Waals surface area contributed by atoms with Gasteiger partial charge in [0.05, 0.1) is 7.11 Å². The lowest BCUT2D eigenvalue weighted by Gasteiger charge is -2.21. The summed E-state index contributed by atoms with van der Waals surface area (Å²) in [6.07, 6.45) is 2.06. The number of benzene rings is 1. The molecule has 0 bridgehead atoms. The fourth-order valence-corrected chi connectivity index (χ4v) is 2.72. The molecule has 0 spiro atoms. The van der Waals surface area contributed by atoms with E-state index in [1.54, 1.807) is 14.0 Å². The van der Waals surface area contributed by atoms with Crippen LogP contribution in [0.5, 0.6) is 5.75 Å². The molecule has 5 heteroatoms. The average Bonchev–Trinajstić information content (AvgIpc) is 2.79. The first-order chi connectivity index (χ1) is 10.6. The van der Waals surface area contributed by atoms with Crippen LogP contribution in [-0.2, 0) is 16.0 Å². The van der Waals surface area contributed by atoms with Crippen LogP contribution in [0.1, 0.15) is 25.3 Å². The van der Waals surface area contributed by atoms with Crippen molar-refractivity contribution in [2.45, 2.75) is 26.2 Å². The molecule has 22 heavy (non-hydrogen) atoms. The molecule has 1 aliphatic heterocycles. The van der Waals surface area contributed by atoms with Gasteiger partial charge in [0, 0.05) is 39.5 Å². The molecule has 0 atom stereocenters. The summed E-state index contributed by atoms with van der Waals surface area (Å²) in [4.78, 5) is 27.4. The quantitative estimate of drug-likeness (QED) is 0.851. The highest BCUT2D eigenvalue weighted by atomic mass is 16.5. The third-order valence-corrected chi connectivity index (χ3v) is 4.06. The standard InChI is InChI=1S/C17H24N2O3/c1-14(20)18-9-4-10-19(12-11-18)17(21)8-7-15-5-3-6-16(13-15)22-2/h3,5-6,13H,4,7-12H2,1-2H3. The number of amides is 2. The first kappa shape index (κ1) is 16.3. The lowest BCUT2D eigenvalue weighted by atomic mass is 10.1. The van der Waals surface area contributed by atoms with Crippen molar-refractivity contribution < 1.29 is 14.3 Å². The summed E-state index contributed by atoms with van der Waals surface area (Å²) in [7, 11) is 1.64. The highest BCUT2D eigenvalue weighted by Gasteiger charge is 2.19. The summed E-state index contributed by atoms with van der Waals surface area (Å²) >= 11 is 0. The topological polar surface area (TPSA) is 49.9 Å². The number of aryl methyl sites for hydroxylation is 1. The summed E-state index contributed by atoms with van der Waals surface area (Å²) in [6.45, 7) is 4.34. The SMILES string of the molecule is COc1cccc(CCC(=O)N2CCCN(C(C)=O)CC2)c1. The maximum absolute atomic E-state index is 12.3. The molecular weight excluding hydrogens is 280 g/mol. The van der Waals surface area contributed by atoms with Gasteiger partial charge in [-0.2, -0.15) is 0 Å². The third-order valence-electron chi connectivity index (χ3n) is 4.06. The van der Waals surface area contributed by atoms with Gasteiger partial charge in [0.1, 0.15) is 5.75 Å². The molecule has 2 rings (SSSR count). The Morgan fingerprint density at radius 1 is 1.14 bits per heavy atom. The van der Waals surface area contributed by atoms with Crippen molar-refractivity contribution in [1.82, 2.24) is 9.80 Å². The molecule has 2 amide bonds. The highest BCUT2D eigenvalue weighted by molar-refractivity contribution is 5.77. The molecule has 0 radical (unpaired) electrons. The molecule has 0 saturated carbocycles. The van der Waals surface area contributed by atoms with E-state index >= 15 is 0 Å². The van der Waals surface area contributed by atoms with Crippen molar-refractivity contribution in [3.8, 4) is 5.75 Å². The molecule has 0 unspecified atom stereocenters. The van der Waals surface area contributed by atoms with Crippen molar-refractivity contribution in [1.29, 1.82) is 0 Å². The molecule has 1 fully saturated rings. The molecule has 5 nitrogen and oxygen atoms in total. The lowest BCUT2D eigenvalue weighted by molar-refractivity contribution is -0.132. The highest BCUT2D eigenvalue weighted by Crippen LogP contribution is 2.15. The number of carbonyl (C=O) groups is 2. The maximum Gasteiger partial charge on any atom is 0.222 e. The van der Waals surface area contributed by atoms with E-state index in [2.05, 4.69) is 0 Å². The average molecular weight is 304 g/mol. The third kappa shape index (κ3) is 4.48. The van der Waals surface area contributed by atoms with Crippen molar-refractivity contribution in [3.63, 3.8) is 0 Å². The van der Waals surface area contributed by atoms with E-state index in [-0.39, 0.29) is 11.8 Å². The predicted molar refractivity (Wildman–Crippen MR) is 84.8 cm³/mol. The van der Waals surface area contributed by atoms with Gasteiger partial charge in [-0.1, -0.05) is 12.1 Å². The molecule has 1 aromatic rings. The zero-order valence-corrected chi connectivity index (χ0v) is 13.4. The summed E-state index contributed by atoms with van der Waals surface area (Å²) in [6, 6.07) is 7.81. The molecule has 0 aromatic heterocycles. The number of methoxy groups -OCH3 is 1. The van der Waals surface area contributed by atoms with Crippen LogP contribution in [0, 0.1) is 0 Å². The smallest absolute Gasteiger partial charge is 0.222 e. The number of hydrogen-bond donors (Lipinski definition) is 0. The number of hydrogen-bond acceptors (Lipinski definition) is 3. The lowest BCUT2D eigenvalue weighted by Crippen LogP contribution is -2.36. The Morgan fingerprint density at radius 3 is 2.59 bits per heavy atom. The summed E-state index contributed by atoms with van der Waals surface area (Å²) in [5, 5.41) is 0. The van der Waals surface area contributed by atoms with E-state index in [0.717, 1.165) is 30.8 Å². The Balaban J connectivity index is 1.85. The van der Waals surface area contributed by atoms with E-state index in [4.69, 9.17) is 4.74 Å². The predicted octanol–water partition coefficient (Wildman–Crippen LogP) is 1.71.